The van der Waals surface area contributed by atoms with Gasteiger partial charge in [0.25, 0.3) is 0 Å². The van der Waals surface area contributed by atoms with Crippen LogP contribution in [0.15, 0.2) is 174 Å². The summed E-state index contributed by atoms with van der Waals surface area (Å²) in [6, 6.07) is 42.5. The Bertz CT molecular complexity index is 6200. The maximum atomic E-state index is 13.7. The number of rotatable bonds is 29. The van der Waals surface area contributed by atoms with E-state index in [-0.39, 0.29) is 152 Å². The number of carboxylic acids is 1. The second-order valence-electron chi connectivity index (χ2n) is 32.8. The molecule has 9 atom stereocenters. The van der Waals surface area contributed by atoms with E-state index in [1.54, 1.807) is 87.3 Å². The zero-order chi connectivity index (χ0) is 95.9. The van der Waals surface area contributed by atoms with E-state index in [0.717, 1.165) is 86.1 Å². The molecule has 3 aliphatic carbocycles. The van der Waals surface area contributed by atoms with Crippen LogP contribution in [0.1, 0.15) is 144 Å². The molecule has 12 aromatic rings. The number of hydrogen-bond donors (Lipinski definition) is 4. The molecule has 0 spiro atoms. The SMILES string of the molecule is C=CCCCCN(C)C(=O)[C@@H]1CC[C@H](Oc2cc(-c3nc(C(F)(F)F)cs3)nc3c(C)c(CO)ccc23)C[C@H]1C(=O)OCc1ccccc1.COC(=O)[C@@H]1CC[C@H](Oc2cc(-c3nc(C(F)(F)F)cs3)nc3c(C)c(CO)ccc23)C[C@H]1C(=O)OCc1ccccc1.Cc1c(CO)ccc2c(O[C@H]3CC[C@@H](C(=O)O)[C@H](C(=O)OCc4ccccc4)C3)cc(-c3nc(C(F)(F)F)cs3)nc12.[Li+].[Li+].[OH-].[OH-]. The molecule has 0 bridgehead atoms. The normalized spacial score (nSPS) is 18.0. The number of esters is 4. The molecule has 6 aromatic heterocycles. The van der Waals surface area contributed by atoms with Gasteiger partial charge in [0.1, 0.15) is 69.2 Å². The van der Waals surface area contributed by atoms with E-state index in [9.17, 15) is 88.7 Å². The molecular formula is C98H98F9Li2N7O19S3. The zero-order valence-corrected chi connectivity index (χ0v) is 78.7. The van der Waals surface area contributed by atoms with Crippen LogP contribution in [0.3, 0.4) is 0 Å². The molecule has 6 aromatic carbocycles. The Morgan fingerprint density at radius 3 is 1.04 bits per heavy atom. The Morgan fingerprint density at radius 1 is 0.435 bits per heavy atom. The number of carboxylic acid groups (broad SMARTS) is 1. The minimum Gasteiger partial charge on any atom is -0.870 e. The van der Waals surface area contributed by atoms with E-state index in [2.05, 4.69) is 36.5 Å². The molecule has 138 heavy (non-hydrogen) atoms. The number of aromatic nitrogens is 6. The monoisotopic (exact) mass is 1960 g/mol. The molecule has 0 radical (unpaired) electrons. The van der Waals surface area contributed by atoms with Gasteiger partial charge in [0.15, 0.2) is 17.1 Å². The number of pyridine rings is 3. The molecule has 3 saturated carbocycles. The predicted molar refractivity (Wildman–Crippen MR) is 485 cm³/mol. The Hall–Kier alpha value is -11.2. The molecule has 1 amide bonds. The number of amides is 1. The number of carbonyl (C=O) groups excluding carboxylic acids is 5. The summed E-state index contributed by atoms with van der Waals surface area (Å²) in [6.07, 6.45) is -8.46. The van der Waals surface area contributed by atoms with Crippen LogP contribution < -0.4 is 51.9 Å². The van der Waals surface area contributed by atoms with Crippen molar-refractivity contribution in [3.05, 3.63) is 242 Å². The maximum absolute atomic E-state index is 13.7. The van der Waals surface area contributed by atoms with Gasteiger partial charge in [-0.1, -0.05) is 115 Å². The van der Waals surface area contributed by atoms with Gasteiger partial charge in [0, 0.05) is 64.1 Å². The van der Waals surface area contributed by atoms with Crippen molar-refractivity contribution in [3.8, 4) is 49.4 Å². The first-order valence-corrected chi connectivity index (χ1v) is 45.8. The van der Waals surface area contributed by atoms with Crippen LogP contribution >= 0.6 is 34.0 Å². The molecule has 15 rings (SSSR count). The molecule has 26 nitrogen and oxygen atoms in total. The topological polar surface area (TPSA) is 389 Å². The number of alkyl halides is 9. The third-order valence-electron chi connectivity index (χ3n) is 24.0. The Balaban J connectivity index is 0.000000229. The third-order valence-corrected chi connectivity index (χ3v) is 26.6. The second-order valence-corrected chi connectivity index (χ2v) is 35.4. The van der Waals surface area contributed by atoms with Crippen molar-refractivity contribution < 1.29 is 171 Å². The number of carbonyl (C=O) groups is 6. The zero-order valence-electron chi connectivity index (χ0n) is 76.3. The van der Waals surface area contributed by atoms with Gasteiger partial charge in [0.2, 0.25) is 5.91 Å². The van der Waals surface area contributed by atoms with Crippen LogP contribution in [-0.2, 0) is 106 Å². The fourth-order valence-corrected chi connectivity index (χ4v) is 19.0. The van der Waals surface area contributed by atoms with Crippen LogP contribution in [0, 0.1) is 56.3 Å². The van der Waals surface area contributed by atoms with Gasteiger partial charge in [0.05, 0.1) is 97.3 Å². The van der Waals surface area contributed by atoms with Crippen molar-refractivity contribution in [1.29, 1.82) is 0 Å². The molecule has 6 N–H and O–H groups in total. The van der Waals surface area contributed by atoms with E-state index in [1.165, 1.54) is 19.2 Å². The average molecular weight is 1960 g/mol. The largest absolute Gasteiger partial charge is 1.00 e. The molecule has 40 heteroatoms. The molecule has 0 saturated heterocycles. The summed E-state index contributed by atoms with van der Waals surface area (Å²) in [5, 5.41) is 44.0. The average Bonchev–Trinajstić information content (AvgIpc) is 1.54. The van der Waals surface area contributed by atoms with Crippen LogP contribution in [0.5, 0.6) is 17.2 Å². The molecule has 0 unspecified atom stereocenters. The third kappa shape index (κ3) is 27.3. The van der Waals surface area contributed by atoms with Crippen molar-refractivity contribution in [2.24, 2.45) is 35.5 Å². The van der Waals surface area contributed by atoms with Gasteiger partial charge in [-0.2, -0.15) is 39.5 Å². The molecular weight excluding hydrogens is 1860 g/mol. The number of fused-ring (bicyclic) bond motifs is 3. The van der Waals surface area contributed by atoms with Crippen molar-refractivity contribution >= 4 is 102 Å². The van der Waals surface area contributed by atoms with Crippen molar-refractivity contribution in [2.45, 2.75) is 174 Å². The Labute approximate surface area is 823 Å². The van der Waals surface area contributed by atoms with Gasteiger partial charge < -0.3 is 69.4 Å². The van der Waals surface area contributed by atoms with Crippen LogP contribution in [0.25, 0.3) is 64.8 Å². The number of aliphatic hydroxyl groups is 3. The number of aryl methyl sites for hydroxylation is 3. The van der Waals surface area contributed by atoms with E-state index >= 15 is 0 Å². The first-order chi connectivity index (χ1) is 64.1. The summed E-state index contributed by atoms with van der Waals surface area (Å²) in [7, 11) is 3.02. The van der Waals surface area contributed by atoms with Gasteiger partial charge >= 0.3 is 86.1 Å². The summed E-state index contributed by atoms with van der Waals surface area (Å²) in [6.45, 7) is 8.97. The molecule has 722 valence electrons. The van der Waals surface area contributed by atoms with Gasteiger partial charge in [-0.25, -0.2) is 29.9 Å². The standard InChI is InChI=1S/C37H40F3N3O5S.C31H29F3N2O6S.C30H27F3N2O6S.2Li.2H2O/c1-4-5-6-10-17-43(3)35(45)27-16-14-26(18-29(27)36(46)47-21-24-11-8-7-9-12-24)48-31-19-30(34-42-32(22-49-34)37(38,39)40)41-33-23(2)25(20-44)13-15-28(31)33;1-17-19(14-37)8-10-22-25(13-24(35-27(17)22)28-36-26(16-43-28)31(32,33)34)42-20-9-11-21(29(38)40-2)23(12-20)30(39)41-15-18-6-4-3-5-7-18;1-16-18(13-36)7-9-21-24(12-23(34-26(16)21)27-35-25(15-42-27)30(31,32)33)41-19-8-10-20(28(37)38)22(11-19)29(39)40-14-17-5-3-2-4-6-17;;;;/h4,7-9,11-13,15,19,22,26-27,29,44H,1,5-6,10,14,16-18,20-21H2,2-3H3;3-8,10,13,16,20-21,23,37H,9,11-12,14-15H2,1-2H3;2-7,9,12,15,19-20,22,36H,8,10-11,13-14H2,1H3,(H,37,38);;;2*1H2/q;;;2*+1;;/p-2/t26-,27+,29+;20-,21+,23+;19-,20+,22+;;;;/m000..../s1. The number of nitrogens with zero attached hydrogens (tertiary/aromatic N) is 7. The number of allylic oxidation sites excluding steroid dienone is 1. The number of benzene rings is 6. The number of methoxy groups -OCH3 is 1. The summed E-state index contributed by atoms with van der Waals surface area (Å²) in [5.74, 6) is -7.15. The number of hydrogen-bond acceptors (Lipinski definition) is 27. The van der Waals surface area contributed by atoms with Gasteiger partial charge in [-0.3, -0.25) is 28.8 Å². The molecule has 3 fully saturated rings. The predicted octanol–water partition coefficient (Wildman–Crippen LogP) is 14.0. The summed E-state index contributed by atoms with van der Waals surface area (Å²) in [4.78, 5) is 105. The fraction of sp³-hybridized carbons (Fsp3) is 0.367. The fourth-order valence-electron chi connectivity index (χ4n) is 16.6. The number of ether oxygens (including phenoxy) is 7. The van der Waals surface area contributed by atoms with E-state index < -0.39 is 119 Å². The maximum Gasteiger partial charge on any atom is 1.00 e. The summed E-state index contributed by atoms with van der Waals surface area (Å²) in [5.41, 5.74) is 4.98. The van der Waals surface area contributed by atoms with Gasteiger partial charge in [-0.15, -0.1) is 40.6 Å². The van der Waals surface area contributed by atoms with Gasteiger partial charge in [-0.05, 0) is 166 Å². The number of thiazole rings is 3. The first-order valence-electron chi connectivity index (χ1n) is 43.1. The Morgan fingerprint density at radius 2 is 0.746 bits per heavy atom. The smallest absolute Gasteiger partial charge is 0.870 e. The van der Waals surface area contributed by atoms with Crippen molar-refractivity contribution in [2.75, 3.05) is 20.7 Å². The second kappa shape index (κ2) is 49.6. The van der Waals surface area contributed by atoms with E-state index in [1.807, 2.05) is 84.9 Å². The number of halogens is 9. The van der Waals surface area contributed by atoms with E-state index in [4.69, 9.17) is 33.2 Å². The first kappa shape index (κ1) is 110. The summed E-state index contributed by atoms with van der Waals surface area (Å²) >= 11 is 2.43. The van der Waals surface area contributed by atoms with Crippen LogP contribution in [-0.4, -0.2) is 141 Å². The summed E-state index contributed by atoms with van der Waals surface area (Å²) < 4.78 is 161. The number of aliphatic carboxylic acids is 1. The van der Waals surface area contributed by atoms with Crippen molar-refractivity contribution in [1.82, 2.24) is 34.8 Å². The molecule has 0 aliphatic heterocycles. The van der Waals surface area contributed by atoms with Crippen LogP contribution in [0.2, 0.25) is 0 Å². The molecule has 6 heterocycles. The van der Waals surface area contributed by atoms with E-state index in [0.29, 0.717) is 122 Å². The minimum atomic E-state index is -4.61. The quantitative estimate of drug-likeness (QED) is 0.00844. The molecule has 3 aliphatic rings. The van der Waals surface area contributed by atoms with Crippen LogP contribution in [0.4, 0.5) is 39.5 Å². The minimum absolute atomic E-state index is 0. The number of unbranched alkanes of at least 4 members (excludes halogenated alkanes) is 2. The van der Waals surface area contributed by atoms with Crippen molar-refractivity contribution in [3.63, 3.8) is 0 Å². The number of aliphatic hydroxyl groups excluding tert-OH is 3. The Kier molecular flexibility index (Phi) is 39.6.